The fourth-order valence-corrected chi connectivity index (χ4v) is 3.98. The molecule has 0 bridgehead atoms. The Morgan fingerprint density at radius 1 is 1.04 bits per heavy atom. The number of hydrogen-bond donors (Lipinski definition) is 0. The van der Waals surface area contributed by atoms with Gasteiger partial charge in [0, 0.05) is 40.2 Å². The fraction of sp³-hybridized carbons (Fsp3) is 0.421. The fourth-order valence-electron chi connectivity index (χ4n) is 3.37. The number of thiocarbonyl (C=S) groups is 1. The Morgan fingerprint density at radius 3 is 2.21 bits per heavy atom. The Kier molecular flexibility index (Phi) is 5.13. The van der Waals surface area contributed by atoms with E-state index in [4.69, 9.17) is 17.0 Å². The van der Waals surface area contributed by atoms with Gasteiger partial charge in [-0.2, -0.15) is 0 Å². The lowest BCUT2D eigenvalue weighted by Gasteiger charge is -2.29. The third-order valence-corrected chi connectivity index (χ3v) is 6.37. The van der Waals surface area contributed by atoms with E-state index in [9.17, 15) is 0 Å². The summed E-state index contributed by atoms with van der Waals surface area (Å²) in [6, 6.07) is 6.65. The van der Waals surface area contributed by atoms with E-state index >= 15 is 0 Å². The quantitative estimate of drug-likeness (QED) is 0.684. The van der Waals surface area contributed by atoms with E-state index in [1.165, 1.54) is 32.7 Å². The molecule has 0 amide bonds. The van der Waals surface area contributed by atoms with Crippen LogP contribution in [0.25, 0.3) is 5.69 Å². The van der Waals surface area contributed by atoms with E-state index in [0.29, 0.717) is 0 Å². The predicted molar refractivity (Wildman–Crippen MR) is 107 cm³/mol. The lowest BCUT2D eigenvalue weighted by molar-refractivity contribution is 0.0692. The summed E-state index contributed by atoms with van der Waals surface area (Å²) in [4.78, 5) is 3.19. The molecule has 1 aliphatic heterocycles. The van der Waals surface area contributed by atoms with Crippen molar-refractivity contribution >= 4 is 33.1 Å². The van der Waals surface area contributed by atoms with Crippen molar-refractivity contribution in [1.82, 2.24) is 9.47 Å². The molecule has 2 aromatic rings. The second-order valence-corrected chi connectivity index (χ2v) is 7.60. The Bertz CT molecular complexity index is 768. The molecule has 1 saturated heterocycles. The highest BCUT2D eigenvalue weighted by Crippen LogP contribution is 2.28. The number of aryl methyl sites for hydroxylation is 3. The molecule has 1 aromatic carbocycles. The molecule has 3 rings (SSSR count). The van der Waals surface area contributed by atoms with E-state index in [-0.39, 0.29) is 0 Å². The van der Waals surface area contributed by atoms with E-state index in [2.05, 4.69) is 71.3 Å². The van der Waals surface area contributed by atoms with Gasteiger partial charge in [0.25, 0.3) is 0 Å². The zero-order valence-electron chi connectivity index (χ0n) is 14.6. The van der Waals surface area contributed by atoms with Crippen molar-refractivity contribution in [3.63, 3.8) is 0 Å². The van der Waals surface area contributed by atoms with Crippen LogP contribution < -0.4 is 0 Å². The van der Waals surface area contributed by atoms with Crippen molar-refractivity contribution < 1.29 is 4.74 Å². The molecule has 0 atom stereocenters. The van der Waals surface area contributed by atoms with Gasteiger partial charge >= 0.3 is 0 Å². The number of benzene rings is 1. The van der Waals surface area contributed by atoms with Gasteiger partial charge in [0.1, 0.15) is 4.99 Å². The van der Waals surface area contributed by atoms with Gasteiger partial charge in [0.15, 0.2) is 0 Å². The van der Waals surface area contributed by atoms with Crippen LogP contribution in [-0.4, -0.2) is 40.8 Å². The molecule has 1 aliphatic rings. The summed E-state index contributed by atoms with van der Waals surface area (Å²) in [6.07, 6.45) is 0. The van der Waals surface area contributed by atoms with E-state index in [0.717, 1.165) is 36.9 Å². The van der Waals surface area contributed by atoms with Crippen molar-refractivity contribution in [2.45, 2.75) is 27.7 Å². The third kappa shape index (κ3) is 3.17. The second-order valence-electron chi connectivity index (χ2n) is 6.42. The molecule has 0 N–H and O–H groups in total. The maximum Gasteiger partial charge on any atom is 0.111 e. The number of morpholine rings is 1. The zero-order valence-corrected chi connectivity index (χ0v) is 17.1. The minimum atomic E-state index is 0.754. The molecule has 2 heterocycles. The average molecular weight is 407 g/mol. The summed E-state index contributed by atoms with van der Waals surface area (Å²) in [7, 11) is 0. The van der Waals surface area contributed by atoms with Crippen LogP contribution in [0.4, 0.5) is 0 Å². The van der Waals surface area contributed by atoms with E-state index in [1.807, 2.05) is 0 Å². The molecule has 0 aliphatic carbocycles. The van der Waals surface area contributed by atoms with Gasteiger partial charge in [0.05, 0.1) is 13.2 Å². The van der Waals surface area contributed by atoms with Crippen molar-refractivity contribution in [2.75, 3.05) is 26.3 Å². The van der Waals surface area contributed by atoms with Crippen molar-refractivity contribution in [2.24, 2.45) is 0 Å². The van der Waals surface area contributed by atoms with Crippen molar-refractivity contribution in [3.8, 4) is 5.69 Å². The summed E-state index contributed by atoms with van der Waals surface area (Å²) in [6.45, 7) is 11.8. The number of nitrogens with zero attached hydrogens (tertiary/aromatic N) is 2. The summed E-state index contributed by atoms with van der Waals surface area (Å²) >= 11 is 9.43. The maximum absolute atomic E-state index is 5.77. The molecule has 0 saturated carbocycles. The minimum Gasteiger partial charge on any atom is -0.378 e. The number of ether oxygens (including phenoxy) is 1. The van der Waals surface area contributed by atoms with Crippen molar-refractivity contribution in [1.29, 1.82) is 0 Å². The first kappa shape index (κ1) is 17.6. The first-order valence-corrected chi connectivity index (χ1v) is 9.43. The Hall–Kier alpha value is -1.17. The van der Waals surface area contributed by atoms with Gasteiger partial charge < -0.3 is 14.2 Å². The summed E-state index contributed by atoms with van der Waals surface area (Å²) in [5, 5.41) is 0. The highest BCUT2D eigenvalue weighted by Gasteiger charge is 2.20. The van der Waals surface area contributed by atoms with Gasteiger partial charge in [0.2, 0.25) is 0 Å². The average Bonchev–Trinajstić information content (AvgIpc) is 2.87. The standard InChI is InChI=1S/C19H23BrN2OS/c1-12-9-16(10-13(2)18(12)20)22-14(3)11-17(15(22)4)19(24)21-5-7-23-8-6-21/h9-11H,5-8H2,1-4H3. The third-order valence-electron chi connectivity index (χ3n) is 4.64. The van der Waals surface area contributed by atoms with Crippen LogP contribution >= 0.6 is 28.1 Å². The number of hydrogen-bond acceptors (Lipinski definition) is 2. The van der Waals surface area contributed by atoms with Gasteiger partial charge in [-0.15, -0.1) is 0 Å². The van der Waals surface area contributed by atoms with Gasteiger partial charge in [-0.05, 0) is 57.0 Å². The van der Waals surface area contributed by atoms with Crippen LogP contribution in [0, 0.1) is 27.7 Å². The van der Waals surface area contributed by atoms with Crippen LogP contribution in [0.2, 0.25) is 0 Å². The maximum atomic E-state index is 5.77. The topological polar surface area (TPSA) is 17.4 Å². The molecule has 0 radical (unpaired) electrons. The molecule has 128 valence electrons. The lowest BCUT2D eigenvalue weighted by atomic mass is 10.1. The second kappa shape index (κ2) is 6.98. The molecular formula is C19H23BrN2OS. The van der Waals surface area contributed by atoms with Crippen LogP contribution in [0.5, 0.6) is 0 Å². The van der Waals surface area contributed by atoms with E-state index in [1.54, 1.807) is 0 Å². The van der Waals surface area contributed by atoms with Gasteiger partial charge in [-0.25, -0.2) is 0 Å². The van der Waals surface area contributed by atoms with Crippen LogP contribution in [-0.2, 0) is 4.74 Å². The normalized spacial score (nSPS) is 15.0. The van der Waals surface area contributed by atoms with Gasteiger partial charge in [-0.3, -0.25) is 0 Å². The molecule has 0 unspecified atom stereocenters. The summed E-state index contributed by atoms with van der Waals surface area (Å²) in [5.41, 5.74) is 7.25. The lowest BCUT2D eigenvalue weighted by Crippen LogP contribution is -2.40. The van der Waals surface area contributed by atoms with Gasteiger partial charge in [-0.1, -0.05) is 28.1 Å². The molecule has 5 heteroatoms. The molecule has 1 aromatic heterocycles. The van der Waals surface area contributed by atoms with Crippen molar-refractivity contribution in [3.05, 3.63) is 50.8 Å². The molecule has 0 spiro atoms. The molecule has 24 heavy (non-hydrogen) atoms. The highest BCUT2D eigenvalue weighted by molar-refractivity contribution is 9.10. The summed E-state index contributed by atoms with van der Waals surface area (Å²) in [5.74, 6) is 0. The zero-order chi connectivity index (χ0) is 17.4. The monoisotopic (exact) mass is 406 g/mol. The number of rotatable bonds is 2. The largest absolute Gasteiger partial charge is 0.378 e. The molecular weight excluding hydrogens is 384 g/mol. The SMILES string of the molecule is Cc1cc(-n2c(C)cc(C(=S)N3CCOCC3)c2C)cc(C)c1Br. The first-order valence-electron chi connectivity index (χ1n) is 8.23. The predicted octanol–water partition coefficient (Wildman–Crippen LogP) is 4.48. The summed E-state index contributed by atoms with van der Waals surface area (Å²) < 4.78 is 8.92. The molecule has 3 nitrogen and oxygen atoms in total. The smallest absolute Gasteiger partial charge is 0.111 e. The number of halogens is 1. The Morgan fingerprint density at radius 2 is 1.62 bits per heavy atom. The van der Waals surface area contributed by atoms with Crippen LogP contribution in [0.3, 0.4) is 0 Å². The Balaban J connectivity index is 2.02. The first-order chi connectivity index (χ1) is 11.4. The number of aromatic nitrogens is 1. The van der Waals surface area contributed by atoms with Crippen LogP contribution in [0.1, 0.15) is 28.1 Å². The molecule has 1 fully saturated rings. The van der Waals surface area contributed by atoms with Crippen LogP contribution in [0.15, 0.2) is 22.7 Å². The Labute approximate surface area is 157 Å². The minimum absolute atomic E-state index is 0.754. The van der Waals surface area contributed by atoms with E-state index < -0.39 is 0 Å². The highest BCUT2D eigenvalue weighted by atomic mass is 79.9.